The van der Waals surface area contributed by atoms with Crippen LogP contribution in [-0.4, -0.2) is 32.0 Å². The lowest BCUT2D eigenvalue weighted by Crippen LogP contribution is -2.21. The molecular formula is C17H18BrNO3. The fourth-order valence-corrected chi connectivity index (χ4v) is 2.18. The maximum absolute atomic E-state index is 12.0. The number of rotatable bonds is 5. The lowest BCUT2D eigenvalue weighted by molar-refractivity contribution is 0.0827. The van der Waals surface area contributed by atoms with Crippen LogP contribution in [0, 0.1) is 0 Å². The number of ether oxygens (including phenoxy) is 2. The van der Waals surface area contributed by atoms with Crippen LogP contribution in [-0.2, 0) is 6.61 Å². The van der Waals surface area contributed by atoms with Gasteiger partial charge >= 0.3 is 0 Å². The van der Waals surface area contributed by atoms with E-state index in [2.05, 4.69) is 15.9 Å². The Morgan fingerprint density at radius 3 is 2.36 bits per heavy atom. The highest BCUT2D eigenvalue weighted by atomic mass is 79.9. The summed E-state index contributed by atoms with van der Waals surface area (Å²) in [6.07, 6.45) is 0. The van der Waals surface area contributed by atoms with E-state index in [0.717, 1.165) is 10.0 Å². The number of hydrogen-bond donors (Lipinski definition) is 0. The van der Waals surface area contributed by atoms with Gasteiger partial charge in [-0.15, -0.1) is 0 Å². The fraction of sp³-hybridized carbons (Fsp3) is 0.235. The molecule has 0 aromatic heterocycles. The van der Waals surface area contributed by atoms with Crippen LogP contribution in [0.25, 0.3) is 0 Å². The molecule has 0 fully saturated rings. The molecule has 5 heteroatoms. The highest BCUT2D eigenvalue weighted by molar-refractivity contribution is 9.10. The van der Waals surface area contributed by atoms with Gasteiger partial charge in [-0.2, -0.15) is 0 Å². The van der Waals surface area contributed by atoms with Crippen molar-refractivity contribution >= 4 is 21.8 Å². The highest BCUT2D eigenvalue weighted by Gasteiger charge is 2.12. The van der Waals surface area contributed by atoms with Gasteiger partial charge in [-0.05, 0) is 35.9 Å². The summed E-state index contributed by atoms with van der Waals surface area (Å²) in [6, 6.07) is 13.1. The first-order valence-corrected chi connectivity index (χ1v) is 7.57. The molecule has 0 heterocycles. The molecule has 0 saturated carbocycles. The Hall–Kier alpha value is -2.01. The van der Waals surface area contributed by atoms with Crippen LogP contribution >= 0.6 is 15.9 Å². The van der Waals surface area contributed by atoms with Crippen molar-refractivity contribution in [3.8, 4) is 11.5 Å². The lowest BCUT2D eigenvalue weighted by Gasteiger charge is -2.14. The van der Waals surface area contributed by atoms with Gasteiger partial charge in [-0.25, -0.2) is 0 Å². The molecular weight excluding hydrogens is 346 g/mol. The molecule has 0 saturated heterocycles. The third kappa shape index (κ3) is 4.01. The SMILES string of the molecule is COc1cc(C(=O)N(C)C)ccc1OCc1ccc(Br)cc1. The van der Waals surface area contributed by atoms with Crippen LogP contribution in [0.1, 0.15) is 15.9 Å². The maximum atomic E-state index is 12.0. The smallest absolute Gasteiger partial charge is 0.253 e. The Bertz CT molecular complexity index is 653. The minimum Gasteiger partial charge on any atom is -0.493 e. The zero-order valence-electron chi connectivity index (χ0n) is 12.8. The predicted molar refractivity (Wildman–Crippen MR) is 89.5 cm³/mol. The molecule has 22 heavy (non-hydrogen) atoms. The number of amides is 1. The molecule has 2 aromatic carbocycles. The number of benzene rings is 2. The van der Waals surface area contributed by atoms with Crippen LogP contribution in [0.4, 0.5) is 0 Å². The monoisotopic (exact) mass is 363 g/mol. The van der Waals surface area contributed by atoms with Gasteiger partial charge in [-0.1, -0.05) is 28.1 Å². The summed E-state index contributed by atoms with van der Waals surface area (Å²) in [6.45, 7) is 0.435. The van der Waals surface area contributed by atoms with Gasteiger partial charge in [0.1, 0.15) is 6.61 Å². The molecule has 1 amide bonds. The lowest BCUT2D eigenvalue weighted by atomic mass is 10.2. The number of hydrogen-bond acceptors (Lipinski definition) is 3. The molecule has 0 spiro atoms. The quantitative estimate of drug-likeness (QED) is 0.812. The van der Waals surface area contributed by atoms with E-state index in [1.54, 1.807) is 39.4 Å². The number of halogens is 1. The molecule has 0 unspecified atom stereocenters. The first-order chi connectivity index (χ1) is 10.5. The van der Waals surface area contributed by atoms with Crippen molar-refractivity contribution in [3.63, 3.8) is 0 Å². The van der Waals surface area contributed by atoms with E-state index in [1.165, 1.54) is 4.90 Å². The largest absolute Gasteiger partial charge is 0.493 e. The fourth-order valence-electron chi connectivity index (χ4n) is 1.92. The Labute approximate surface area is 138 Å². The summed E-state index contributed by atoms with van der Waals surface area (Å²) in [7, 11) is 4.99. The summed E-state index contributed by atoms with van der Waals surface area (Å²) in [4.78, 5) is 13.5. The van der Waals surface area contributed by atoms with Gasteiger partial charge in [-0.3, -0.25) is 4.79 Å². The second-order valence-electron chi connectivity index (χ2n) is 4.98. The standard InChI is InChI=1S/C17H18BrNO3/c1-19(2)17(20)13-6-9-15(16(10-13)21-3)22-11-12-4-7-14(18)8-5-12/h4-10H,11H2,1-3H3. The molecule has 0 atom stereocenters. The van der Waals surface area contributed by atoms with Crippen molar-refractivity contribution < 1.29 is 14.3 Å². The zero-order chi connectivity index (χ0) is 16.1. The molecule has 0 radical (unpaired) electrons. The summed E-state index contributed by atoms with van der Waals surface area (Å²) >= 11 is 3.40. The van der Waals surface area contributed by atoms with Gasteiger partial charge in [0, 0.05) is 24.1 Å². The van der Waals surface area contributed by atoms with E-state index in [-0.39, 0.29) is 5.91 Å². The summed E-state index contributed by atoms with van der Waals surface area (Å²) in [5.41, 5.74) is 1.62. The van der Waals surface area contributed by atoms with Crippen LogP contribution in [0.2, 0.25) is 0 Å². The van der Waals surface area contributed by atoms with E-state index < -0.39 is 0 Å². The van der Waals surface area contributed by atoms with Crippen molar-refractivity contribution in [1.82, 2.24) is 4.90 Å². The molecule has 4 nitrogen and oxygen atoms in total. The molecule has 2 rings (SSSR count). The van der Waals surface area contributed by atoms with E-state index in [4.69, 9.17) is 9.47 Å². The predicted octanol–water partition coefficient (Wildman–Crippen LogP) is 3.74. The van der Waals surface area contributed by atoms with Gasteiger partial charge in [0.15, 0.2) is 11.5 Å². The molecule has 0 bridgehead atoms. The Morgan fingerprint density at radius 2 is 1.77 bits per heavy atom. The average molecular weight is 364 g/mol. The maximum Gasteiger partial charge on any atom is 0.253 e. The van der Waals surface area contributed by atoms with Gasteiger partial charge < -0.3 is 14.4 Å². The van der Waals surface area contributed by atoms with Crippen molar-refractivity contribution in [2.45, 2.75) is 6.61 Å². The van der Waals surface area contributed by atoms with Crippen molar-refractivity contribution in [1.29, 1.82) is 0 Å². The third-order valence-electron chi connectivity index (χ3n) is 3.12. The van der Waals surface area contributed by atoms with E-state index in [0.29, 0.717) is 23.7 Å². The van der Waals surface area contributed by atoms with E-state index >= 15 is 0 Å². The molecule has 0 N–H and O–H groups in total. The Balaban J connectivity index is 2.13. The van der Waals surface area contributed by atoms with Crippen LogP contribution in [0.3, 0.4) is 0 Å². The average Bonchev–Trinajstić information content (AvgIpc) is 2.53. The van der Waals surface area contributed by atoms with Crippen molar-refractivity contribution in [3.05, 3.63) is 58.1 Å². The zero-order valence-corrected chi connectivity index (χ0v) is 14.4. The van der Waals surface area contributed by atoms with Crippen molar-refractivity contribution in [2.24, 2.45) is 0 Å². The topological polar surface area (TPSA) is 38.8 Å². The van der Waals surface area contributed by atoms with Gasteiger partial charge in [0.2, 0.25) is 0 Å². The highest BCUT2D eigenvalue weighted by Crippen LogP contribution is 2.29. The van der Waals surface area contributed by atoms with E-state index in [1.807, 2.05) is 24.3 Å². The van der Waals surface area contributed by atoms with E-state index in [9.17, 15) is 4.79 Å². The molecule has 0 aliphatic carbocycles. The number of carbonyl (C=O) groups excluding carboxylic acids is 1. The van der Waals surface area contributed by atoms with Gasteiger partial charge in [0.25, 0.3) is 5.91 Å². The molecule has 2 aromatic rings. The Kier molecular flexibility index (Phi) is 5.44. The summed E-state index contributed by atoms with van der Waals surface area (Å²) < 4.78 is 12.1. The number of methoxy groups -OCH3 is 1. The molecule has 0 aliphatic heterocycles. The number of carbonyl (C=O) groups is 1. The van der Waals surface area contributed by atoms with Crippen LogP contribution < -0.4 is 9.47 Å². The first-order valence-electron chi connectivity index (χ1n) is 6.78. The third-order valence-corrected chi connectivity index (χ3v) is 3.65. The second-order valence-corrected chi connectivity index (χ2v) is 5.90. The minimum absolute atomic E-state index is 0.0715. The Morgan fingerprint density at radius 1 is 1.09 bits per heavy atom. The summed E-state index contributed by atoms with van der Waals surface area (Å²) in [5, 5.41) is 0. The van der Waals surface area contributed by atoms with Crippen molar-refractivity contribution in [2.75, 3.05) is 21.2 Å². The minimum atomic E-state index is -0.0715. The first kappa shape index (κ1) is 16.4. The normalized spacial score (nSPS) is 10.2. The second kappa shape index (κ2) is 7.31. The summed E-state index contributed by atoms with van der Waals surface area (Å²) in [5.74, 6) is 1.09. The van der Waals surface area contributed by atoms with Crippen LogP contribution in [0.5, 0.6) is 11.5 Å². The molecule has 116 valence electrons. The van der Waals surface area contributed by atoms with Crippen LogP contribution in [0.15, 0.2) is 46.9 Å². The van der Waals surface area contributed by atoms with Gasteiger partial charge in [0.05, 0.1) is 7.11 Å². The number of nitrogens with zero attached hydrogens (tertiary/aromatic N) is 1. The molecule has 0 aliphatic rings.